The lowest BCUT2D eigenvalue weighted by molar-refractivity contribution is -0.136. The van der Waals surface area contributed by atoms with Crippen LogP contribution in [-0.4, -0.2) is 42.9 Å². The molecule has 2 rings (SSSR count). The van der Waals surface area contributed by atoms with Crippen molar-refractivity contribution in [1.29, 1.82) is 0 Å². The normalized spacial score (nSPS) is 32.6. The number of nitrogens with zero attached hydrogens (tertiary/aromatic N) is 1. The molecule has 1 amide bonds. The molecule has 1 atom stereocenters. The highest BCUT2D eigenvalue weighted by Crippen LogP contribution is 2.29. The van der Waals surface area contributed by atoms with Gasteiger partial charge >= 0.3 is 0 Å². The van der Waals surface area contributed by atoms with Gasteiger partial charge < -0.3 is 9.64 Å². The Hall–Kier alpha value is -0.900. The van der Waals surface area contributed by atoms with Crippen LogP contribution in [0.25, 0.3) is 0 Å². The number of amides is 1. The molecule has 1 aliphatic heterocycles. The Morgan fingerprint density at radius 2 is 1.72 bits per heavy atom. The van der Waals surface area contributed by atoms with Crippen molar-refractivity contribution in [2.24, 2.45) is 11.8 Å². The summed E-state index contributed by atoms with van der Waals surface area (Å²) < 4.78 is 5.32. The summed E-state index contributed by atoms with van der Waals surface area (Å²) in [5.41, 5.74) is 0. The van der Waals surface area contributed by atoms with E-state index in [4.69, 9.17) is 4.74 Å². The van der Waals surface area contributed by atoms with Crippen LogP contribution in [0.4, 0.5) is 0 Å². The average Bonchev–Trinajstić information content (AvgIpc) is 2.88. The fraction of sp³-hybridized carbons (Fsp3) is 0.857. The van der Waals surface area contributed by atoms with E-state index in [2.05, 4.69) is 0 Å². The lowest BCUT2D eigenvalue weighted by Gasteiger charge is -2.29. The van der Waals surface area contributed by atoms with Crippen LogP contribution in [0.2, 0.25) is 0 Å². The third-order valence-electron chi connectivity index (χ3n) is 4.43. The molecule has 102 valence electrons. The molecule has 0 unspecified atom stereocenters. The largest absolute Gasteiger partial charge is 0.381 e. The number of hydrogen-bond donors (Lipinski definition) is 0. The van der Waals surface area contributed by atoms with E-state index in [-0.39, 0.29) is 23.5 Å². The molecule has 0 N–H and O–H groups in total. The zero-order chi connectivity index (χ0) is 13.1. The molecule has 2 fully saturated rings. The van der Waals surface area contributed by atoms with Crippen molar-refractivity contribution in [2.45, 2.75) is 45.1 Å². The molecule has 1 saturated carbocycles. The monoisotopic (exact) mass is 253 g/mol. The summed E-state index contributed by atoms with van der Waals surface area (Å²) in [5.74, 6) is 0.702. The number of hydrogen-bond acceptors (Lipinski definition) is 3. The van der Waals surface area contributed by atoms with Crippen LogP contribution < -0.4 is 0 Å². The van der Waals surface area contributed by atoms with Gasteiger partial charge in [0.05, 0.1) is 6.10 Å². The first-order valence-electron chi connectivity index (χ1n) is 6.94. The van der Waals surface area contributed by atoms with Gasteiger partial charge in [-0.25, -0.2) is 0 Å². The van der Waals surface area contributed by atoms with Gasteiger partial charge in [0.25, 0.3) is 0 Å². The summed E-state index contributed by atoms with van der Waals surface area (Å²) in [6.07, 6.45) is 5.00. The maximum atomic E-state index is 12.3. The highest BCUT2D eigenvalue weighted by Gasteiger charge is 2.34. The standard InChI is InChI=1S/C14H23NO3/c1-10(16)12-7-8-15(9-12)14(17)11-3-5-13(18-2)6-4-11/h11-13H,3-9H2,1-2H3/t11-,12-,13-/m1/s1. The third kappa shape index (κ3) is 2.91. The molecular formula is C14H23NO3. The minimum atomic E-state index is 0.0734. The minimum Gasteiger partial charge on any atom is -0.381 e. The van der Waals surface area contributed by atoms with Crippen LogP contribution in [0.5, 0.6) is 0 Å². The zero-order valence-electron chi connectivity index (χ0n) is 11.4. The summed E-state index contributed by atoms with van der Waals surface area (Å²) >= 11 is 0. The van der Waals surface area contributed by atoms with Gasteiger partial charge in [0.15, 0.2) is 0 Å². The summed E-state index contributed by atoms with van der Waals surface area (Å²) in [6, 6.07) is 0. The Balaban J connectivity index is 1.84. The molecule has 1 aliphatic carbocycles. The zero-order valence-corrected chi connectivity index (χ0v) is 11.4. The molecule has 1 saturated heterocycles. The molecule has 0 radical (unpaired) electrons. The molecule has 0 bridgehead atoms. The Morgan fingerprint density at radius 3 is 2.22 bits per heavy atom. The topological polar surface area (TPSA) is 46.6 Å². The molecule has 0 aromatic carbocycles. The third-order valence-corrected chi connectivity index (χ3v) is 4.43. The first kappa shape index (κ1) is 13.5. The lowest BCUT2D eigenvalue weighted by atomic mass is 9.86. The molecular weight excluding hydrogens is 230 g/mol. The molecule has 4 nitrogen and oxygen atoms in total. The predicted molar refractivity (Wildman–Crippen MR) is 68.1 cm³/mol. The minimum absolute atomic E-state index is 0.0734. The van der Waals surface area contributed by atoms with Crippen molar-refractivity contribution < 1.29 is 14.3 Å². The van der Waals surface area contributed by atoms with Crippen molar-refractivity contribution in [3.05, 3.63) is 0 Å². The van der Waals surface area contributed by atoms with E-state index in [1.54, 1.807) is 14.0 Å². The maximum Gasteiger partial charge on any atom is 0.225 e. The van der Waals surface area contributed by atoms with E-state index in [9.17, 15) is 9.59 Å². The van der Waals surface area contributed by atoms with Gasteiger partial charge in [0, 0.05) is 32.0 Å². The van der Waals surface area contributed by atoms with Crippen molar-refractivity contribution >= 4 is 11.7 Å². The highest BCUT2D eigenvalue weighted by atomic mass is 16.5. The van der Waals surface area contributed by atoms with E-state index in [0.29, 0.717) is 12.6 Å². The number of Topliss-reactive ketones (excluding diaryl/α,β-unsaturated/α-hetero) is 1. The quantitative estimate of drug-likeness (QED) is 0.768. The maximum absolute atomic E-state index is 12.3. The van der Waals surface area contributed by atoms with E-state index in [1.807, 2.05) is 4.90 Å². The number of rotatable bonds is 3. The first-order chi connectivity index (χ1) is 8.61. The molecule has 0 aromatic heterocycles. The molecule has 0 aromatic rings. The van der Waals surface area contributed by atoms with E-state index < -0.39 is 0 Å². The van der Waals surface area contributed by atoms with Crippen LogP contribution in [0.1, 0.15) is 39.0 Å². The number of likely N-dealkylation sites (tertiary alicyclic amines) is 1. The Labute approximate surface area is 109 Å². The highest BCUT2D eigenvalue weighted by molar-refractivity contribution is 5.83. The van der Waals surface area contributed by atoms with Crippen LogP contribution >= 0.6 is 0 Å². The number of ketones is 1. The van der Waals surface area contributed by atoms with Crippen molar-refractivity contribution in [1.82, 2.24) is 4.90 Å². The molecule has 4 heteroatoms. The van der Waals surface area contributed by atoms with Gasteiger partial charge in [-0.05, 0) is 39.0 Å². The van der Waals surface area contributed by atoms with Crippen molar-refractivity contribution in [3.63, 3.8) is 0 Å². The number of carbonyl (C=O) groups is 2. The predicted octanol–water partition coefficient (Wildman–Crippen LogP) is 1.63. The van der Waals surface area contributed by atoms with Crippen molar-refractivity contribution in [2.75, 3.05) is 20.2 Å². The smallest absolute Gasteiger partial charge is 0.225 e. The van der Waals surface area contributed by atoms with Crippen LogP contribution in [-0.2, 0) is 14.3 Å². The van der Waals surface area contributed by atoms with E-state index >= 15 is 0 Å². The molecule has 1 heterocycles. The Kier molecular flexibility index (Phi) is 4.38. The van der Waals surface area contributed by atoms with Gasteiger partial charge in [0.1, 0.15) is 5.78 Å². The van der Waals surface area contributed by atoms with E-state index in [1.165, 1.54) is 0 Å². The summed E-state index contributed by atoms with van der Waals surface area (Å²) in [7, 11) is 1.74. The number of ether oxygens (including phenoxy) is 1. The summed E-state index contributed by atoms with van der Waals surface area (Å²) in [4.78, 5) is 25.5. The second-order valence-electron chi connectivity index (χ2n) is 5.59. The second kappa shape index (κ2) is 5.83. The SMILES string of the molecule is CO[C@H]1CC[C@H](C(=O)N2CC[C@@H](C(C)=O)C2)CC1. The molecule has 0 spiro atoms. The number of methoxy groups -OCH3 is 1. The van der Waals surface area contributed by atoms with Gasteiger partial charge in [-0.15, -0.1) is 0 Å². The van der Waals surface area contributed by atoms with Crippen LogP contribution in [0.3, 0.4) is 0 Å². The van der Waals surface area contributed by atoms with Gasteiger partial charge in [-0.1, -0.05) is 0 Å². The fourth-order valence-corrected chi connectivity index (χ4v) is 3.10. The average molecular weight is 253 g/mol. The summed E-state index contributed by atoms with van der Waals surface area (Å²) in [6.45, 7) is 3.02. The van der Waals surface area contributed by atoms with Crippen LogP contribution in [0.15, 0.2) is 0 Å². The molecule has 18 heavy (non-hydrogen) atoms. The fourth-order valence-electron chi connectivity index (χ4n) is 3.10. The number of carbonyl (C=O) groups excluding carboxylic acids is 2. The molecule has 2 aliphatic rings. The van der Waals surface area contributed by atoms with Gasteiger partial charge in [-0.2, -0.15) is 0 Å². The van der Waals surface area contributed by atoms with E-state index in [0.717, 1.165) is 38.6 Å². The van der Waals surface area contributed by atoms with Gasteiger partial charge in [0.2, 0.25) is 5.91 Å². The van der Waals surface area contributed by atoms with Gasteiger partial charge in [-0.3, -0.25) is 9.59 Å². The lowest BCUT2D eigenvalue weighted by Crippen LogP contribution is -2.37. The van der Waals surface area contributed by atoms with Crippen LogP contribution in [0, 0.1) is 11.8 Å². The Bertz CT molecular complexity index is 321. The first-order valence-corrected chi connectivity index (χ1v) is 6.94. The second-order valence-corrected chi connectivity index (χ2v) is 5.59. The summed E-state index contributed by atoms with van der Waals surface area (Å²) in [5, 5.41) is 0. The Morgan fingerprint density at radius 1 is 1.06 bits per heavy atom. The van der Waals surface area contributed by atoms with Crippen molar-refractivity contribution in [3.8, 4) is 0 Å².